The molecule has 0 fully saturated rings. The first-order valence-electron chi connectivity index (χ1n) is 4.45. The topological polar surface area (TPSA) is 66.9 Å². The van der Waals surface area contributed by atoms with Gasteiger partial charge in [-0.2, -0.15) is 5.26 Å². The Morgan fingerprint density at radius 1 is 1.53 bits per heavy atom. The van der Waals surface area contributed by atoms with Crippen LogP contribution in [0.2, 0.25) is 0 Å². The average molecular weight is 287 g/mol. The maximum atomic E-state index is 11.8. The summed E-state index contributed by atoms with van der Waals surface area (Å²) in [6.07, 6.45) is 1.06. The van der Waals surface area contributed by atoms with E-state index in [4.69, 9.17) is 11.0 Å². The Balaban J connectivity index is 2.73. The van der Waals surface area contributed by atoms with Gasteiger partial charge in [0, 0.05) is 22.3 Å². The van der Waals surface area contributed by atoms with E-state index in [-0.39, 0.29) is 0 Å². The van der Waals surface area contributed by atoms with E-state index >= 15 is 0 Å². The maximum absolute atomic E-state index is 11.8. The Morgan fingerprint density at radius 2 is 2.27 bits per heavy atom. The van der Waals surface area contributed by atoms with E-state index in [0.717, 1.165) is 4.47 Å². The molecule has 0 aromatic heterocycles. The van der Waals surface area contributed by atoms with E-state index in [1.165, 1.54) is 0 Å². The number of rotatable bonds is 4. The van der Waals surface area contributed by atoms with Gasteiger partial charge in [0.05, 0.1) is 21.8 Å². The largest absolute Gasteiger partial charge is 0.398 e. The second-order valence-electron chi connectivity index (χ2n) is 2.99. The number of nitrogens with zero attached hydrogens (tertiary/aromatic N) is 1. The molecular formula is C10H11BrN2OS. The van der Waals surface area contributed by atoms with Crippen LogP contribution in [0, 0.1) is 11.3 Å². The van der Waals surface area contributed by atoms with Gasteiger partial charge < -0.3 is 5.73 Å². The highest BCUT2D eigenvalue weighted by atomic mass is 79.9. The molecule has 1 atom stereocenters. The molecule has 15 heavy (non-hydrogen) atoms. The van der Waals surface area contributed by atoms with Crippen molar-refractivity contribution in [3.05, 3.63) is 22.7 Å². The number of benzene rings is 1. The number of halogens is 1. The summed E-state index contributed by atoms with van der Waals surface area (Å²) in [6.45, 7) is 0. The lowest BCUT2D eigenvalue weighted by atomic mass is 10.3. The van der Waals surface area contributed by atoms with Crippen LogP contribution in [-0.4, -0.2) is 9.96 Å². The molecule has 0 bridgehead atoms. The van der Waals surface area contributed by atoms with Crippen molar-refractivity contribution in [2.75, 3.05) is 11.5 Å². The Morgan fingerprint density at radius 3 is 2.93 bits per heavy atom. The zero-order valence-corrected chi connectivity index (χ0v) is 10.5. The first-order chi connectivity index (χ1) is 7.15. The molecule has 0 saturated heterocycles. The summed E-state index contributed by atoms with van der Waals surface area (Å²) in [5.41, 5.74) is 6.25. The van der Waals surface area contributed by atoms with Crippen LogP contribution in [0.15, 0.2) is 27.6 Å². The van der Waals surface area contributed by atoms with Crippen LogP contribution in [0.3, 0.4) is 0 Å². The molecule has 0 heterocycles. The highest BCUT2D eigenvalue weighted by Crippen LogP contribution is 2.22. The van der Waals surface area contributed by atoms with Crippen molar-refractivity contribution in [1.29, 1.82) is 5.26 Å². The third kappa shape index (κ3) is 3.65. The molecular weight excluding hydrogens is 276 g/mol. The Bertz CT molecular complexity index is 414. The maximum Gasteiger partial charge on any atom is 0.0628 e. The molecule has 5 heteroatoms. The first-order valence-corrected chi connectivity index (χ1v) is 6.56. The molecule has 0 aliphatic rings. The first kappa shape index (κ1) is 12.2. The van der Waals surface area contributed by atoms with E-state index in [2.05, 4.69) is 15.9 Å². The number of unbranched alkanes of at least 4 members (excludes halogenated alkanes) is 1. The van der Waals surface area contributed by atoms with Crippen molar-refractivity contribution in [2.24, 2.45) is 0 Å². The summed E-state index contributed by atoms with van der Waals surface area (Å²) in [5.74, 6) is 0.480. The summed E-state index contributed by atoms with van der Waals surface area (Å²) in [7, 11) is -1.11. The molecule has 1 rings (SSSR count). The SMILES string of the molecule is N#CCCCS(=O)c1cc(Br)ccc1N. The van der Waals surface area contributed by atoms with Crippen LogP contribution < -0.4 is 5.73 Å². The number of hydrogen-bond donors (Lipinski definition) is 1. The predicted molar refractivity (Wildman–Crippen MR) is 64.7 cm³/mol. The van der Waals surface area contributed by atoms with Crippen molar-refractivity contribution >= 4 is 32.4 Å². The molecule has 80 valence electrons. The summed E-state index contributed by atoms with van der Waals surface area (Å²) < 4.78 is 12.7. The fourth-order valence-electron chi connectivity index (χ4n) is 1.10. The van der Waals surface area contributed by atoms with E-state index in [9.17, 15) is 4.21 Å². The predicted octanol–water partition coefficient (Wildman–Crippen LogP) is 2.44. The van der Waals surface area contributed by atoms with Gasteiger partial charge in [0.25, 0.3) is 0 Å². The highest BCUT2D eigenvalue weighted by molar-refractivity contribution is 9.10. The molecule has 0 saturated carbocycles. The van der Waals surface area contributed by atoms with Crippen molar-refractivity contribution in [3.63, 3.8) is 0 Å². The molecule has 2 N–H and O–H groups in total. The van der Waals surface area contributed by atoms with Gasteiger partial charge in [0.15, 0.2) is 0 Å². The molecule has 0 aliphatic carbocycles. The second kappa shape index (κ2) is 5.89. The van der Waals surface area contributed by atoms with E-state index in [1.54, 1.807) is 12.1 Å². The lowest BCUT2D eigenvalue weighted by Gasteiger charge is -2.05. The van der Waals surface area contributed by atoms with E-state index in [0.29, 0.717) is 29.2 Å². The minimum Gasteiger partial charge on any atom is -0.398 e. The van der Waals surface area contributed by atoms with Crippen molar-refractivity contribution in [2.45, 2.75) is 17.7 Å². The Hall–Kier alpha value is -0.860. The zero-order chi connectivity index (χ0) is 11.3. The summed E-state index contributed by atoms with van der Waals surface area (Å²) in [4.78, 5) is 0.641. The quantitative estimate of drug-likeness (QED) is 0.683. The number of anilines is 1. The highest BCUT2D eigenvalue weighted by Gasteiger charge is 2.08. The normalized spacial score (nSPS) is 12.0. The number of nitriles is 1. The summed E-state index contributed by atoms with van der Waals surface area (Å²) >= 11 is 3.30. The molecule has 3 nitrogen and oxygen atoms in total. The number of nitrogens with two attached hydrogens (primary N) is 1. The van der Waals surface area contributed by atoms with Crippen molar-refractivity contribution in [1.82, 2.24) is 0 Å². The van der Waals surface area contributed by atoms with Crippen LogP contribution in [0.1, 0.15) is 12.8 Å². The number of hydrogen-bond acceptors (Lipinski definition) is 3. The van der Waals surface area contributed by atoms with Gasteiger partial charge in [0.2, 0.25) is 0 Å². The van der Waals surface area contributed by atoms with Gasteiger partial charge in [-0.15, -0.1) is 0 Å². The minimum atomic E-state index is -1.11. The van der Waals surface area contributed by atoms with Gasteiger partial charge in [-0.05, 0) is 24.6 Å². The van der Waals surface area contributed by atoms with E-state index in [1.807, 2.05) is 12.1 Å². The fraction of sp³-hybridized carbons (Fsp3) is 0.300. The van der Waals surface area contributed by atoms with Crippen LogP contribution in [-0.2, 0) is 10.8 Å². The Labute approximate surface area is 99.9 Å². The molecule has 0 radical (unpaired) electrons. The smallest absolute Gasteiger partial charge is 0.0628 e. The molecule has 1 unspecified atom stereocenters. The number of nitrogen functional groups attached to an aromatic ring is 1. The molecule has 0 amide bonds. The van der Waals surface area contributed by atoms with Crippen LogP contribution >= 0.6 is 15.9 Å². The van der Waals surface area contributed by atoms with Crippen molar-refractivity contribution in [3.8, 4) is 6.07 Å². The van der Waals surface area contributed by atoms with Gasteiger partial charge in [0.1, 0.15) is 0 Å². The zero-order valence-electron chi connectivity index (χ0n) is 8.07. The lowest BCUT2D eigenvalue weighted by molar-refractivity contribution is 0.681. The second-order valence-corrected chi connectivity index (χ2v) is 5.45. The fourth-order valence-corrected chi connectivity index (χ4v) is 2.83. The third-order valence-corrected chi connectivity index (χ3v) is 3.84. The van der Waals surface area contributed by atoms with Crippen LogP contribution in [0.25, 0.3) is 0 Å². The Kier molecular flexibility index (Phi) is 4.79. The van der Waals surface area contributed by atoms with E-state index < -0.39 is 10.8 Å². The van der Waals surface area contributed by atoms with Gasteiger partial charge in [-0.1, -0.05) is 15.9 Å². The third-order valence-electron chi connectivity index (χ3n) is 1.84. The van der Waals surface area contributed by atoms with Gasteiger partial charge >= 0.3 is 0 Å². The molecule has 1 aromatic carbocycles. The summed E-state index contributed by atoms with van der Waals surface area (Å²) in [5, 5.41) is 8.37. The van der Waals surface area contributed by atoms with Crippen LogP contribution in [0.4, 0.5) is 5.69 Å². The van der Waals surface area contributed by atoms with Gasteiger partial charge in [-0.25, -0.2) is 0 Å². The monoisotopic (exact) mass is 286 g/mol. The summed E-state index contributed by atoms with van der Waals surface area (Å²) in [6, 6.07) is 7.32. The molecule has 1 aromatic rings. The minimum absolute atomic E-state index is 0.430. The molecule has 0 spiro atoms. The molecule has 0 aliphatic heterocycles. The van der Waals surface area contributed by atoms with Crippen molar-refractivity contribution < 1.29 is 4.21 Å². The lowest BCUT2D eigenvalue weighted by Crippen LogP contribution is -2.02. The van der Waals surface area contributed by atoms with Crippen LogP contribution in [0.5, 0.6) is 0 Å². The average Bonchev–Trinajstić information content (AvgIpc) is 2.22. The van der Waals surface area contributed by atoms with Gasteiger partial charge in [-0.3, -0.25) is 4.21 Å². The standard InChI is InChI=1S/C10H11BrN2OS/c11-8-3-4-9(13)10(7-8)15(14)6-2-1-5-12/h3-4,7H,1-2,6,13H2.